The second-order valence-electron chi connectivity index (χ2n) is 4.01. The largest absolute Gasteiger partial charge is 0.497 e. The summed E-state index contributed by atoms with van der Waals surface area (Å²) in [7, 11) is 1.63. The molecule has 0 bridgehead atoms. The zero-order valence-corrected chi connectivity index (χ0v) is 11.4. The molecule has 4 nitrogen and oxygen atoms in total. The van der Waals surface area contributed by atoms with Crippen LogP contribution in [0.1, 0.15) is 12.5 Å². The zero-order chi connectivity index (χ0) is 13.5. The molecule has 0 radical (unpaired) electrons. The Hall–Kier alpha value is -1.62. The lowest BCUT2D eigenvalue weighted by Gasteiger charge is -2.10. The summed E-state index contributed by atoms with van der Waals surface area (Å²) in [5.41, 5.74) is 6.55. The Morgan fingerprint density at radius 3 is 2.56 bits per heavy atom. The third kappa shape index (κ3) is 4.33. The monoisotopic (exact) mass is 266 g/mol. The number of thiocarbonyl (C=S) groups is 1. The van der Waals surface area contributed by atoms with E-state index in [9.17, 15) is 4.79 Å². The molecule has 1 aromatic rings. The summed E-state index contributed by atoms with van der Waals surface area (Å²) in [6.07, 6.45) is 0.764. The van der Waals surface area contributed by atoms with E-state index in [1.54, 1.807) is 14.0 Å². The number of amides is 1. The van der Waals surface area contributed by atoms with Gasteiger partial charge in [-0.1, -0.05) is 24.4 Å². The van der Waals surface area contributed by atoms with Gasteiger partial charge in [0.25, 0.3) is 0 Å². The zero-order valence-electron chi connectivity index (χ0n) is 10.6. The van der Waals surface area contributed by atoms with Crippen molar-refractivity contribution in [2.24, 2.45) is 11.7 Å². The standard InChI is InChI=1S/C13H18N2O2S/c1-9(12(14)18)13(16)15-8-7-10-3-5-11(17-2)6-4-10/h3-6,9H,7-8H2,1-2H3,(H2,14,18)(H,15,16). The fourth-order valence-electron chi connectivity index (χ4n) is 1.40. The first-order chi connectivity index (χ1) is 8.54. The van der Waals surface area contributed by atoms with E-state index in [0.29, 0.717) is 6.54 Å². The number of methoxy groups -OCH3 is 1. The summed E-state index contributed by atoms with van der Waals surface area (Å²) >= 11 is 4.77. The number of benzene rings is 1. The Balaban J connectivity index is 2.37. The van der Waals surface area contributed by atoms with Crippen LogP contribution in [-0.4, -0.2) is 24.6 Å². The van der Waals surface area contributed by atoms with Crippen LogP contribution in [0.4, 0.5) is 0 Å². The Kier molecular flexibility index (Phi) is 5.58. The van der Waals surface area contributed by atoms with E-state index in [2.05, 4.69) is 5.32 Å². The fourth-order valence-corrected chi connectivity index (χ4v) is 1.51. The predicted molar refractivity (Wildman–Crippen MR) is 75.7 cm³/mol. The van der Waals surface area contributed by atoms with Crippen molar-refractivity contribution in [3.8, 4) is 5.75 Å². The van der Waals surface area contributed by atoms with Gasteiger partial charge in [-0.2, -0.15) is 0 Å². The van der Waals surface area contributed by atoms with Gasteiger partial charge in [-0.3, -0.25) is 4.79 Å². The van der Waals surface area contributed by atoms with Gasteiger partial charge in [-0.15, -0.1) is 0 Å². The highest BCUT2D eigenvalue weighted by molar-refractivity contribution is 7.80. The molecule has 0 saturated carbocycles. The van der Waals surface area contributed by atoms with Gasteiger partial charge in [0.1, 0.15) is 5.75 Å². The molecule has 1 amide bonds. The first kappa shape index (κ1) is 14.4. The number of hydrogen-bond donors (Lipinski definition) is 2. The average Bonchev–Trinajstić information content (AvgIpc) is 2.38. The molecule has 1 atom stereocenters. The van der Waals surface area contributed by atoms with Gasteiger partial charge in [0.2, 0.25) is 5.91 Å². The van der Waals surface area contributed by atoms with Gasteiger partial charge >= 0.3 is 0 Å². The lowest BCUT2D eigenvalue weighted by Crippen LogP contribution is -2.36. The predicted octanol–water partition coefficient (Wildman–Crippen LogP) is 1.28. The van der Waals surface area contributed by atoms with E-state index in [0.717, 1.165) is 17.7 Å². The highest BCUT2D eigenvalue weighted by atomic mass is 32.1. The number of carbonyl (C=O) groups excluding carboxylic acids is 1. The molecule has 5 heteroatoms. The molecule has 1 unspecified atom stereocenters. The SMILES string of the molecule is COc1ccc(CCNC(=O)C(C)C(N)=S)cc1. The molecule has 0 aliphatic carbocycles. The van der Waals surface area contributed by atoms with E-state index in [1.165, 1.54) is 0 Å². The van der Waals surface area contributed by atoms with Crippen molar-refractivity contribution >= 4 is 23.1 Å². The molecule has 3 N–H and O–H groups in total. The Labute approximate surface area is 113 Å². The number of nitrogens with two attached hydrogens (primary N) is 1. The minimum atomic E-state index is -0.420. The van der Waals surface area contributed by atoms with Crippen LogP contribution >= 0.6 is 12.2 Å². The third-order valence-electron chi connectivity index (χ3n) is 2.69. The molecule has 18 heavy (non-hydrogen) atoms. The molecule has 0 aliphatic heterocycles. The summed E-state index contributed by atoms with van der Waals surface area (Å²) in [5.74, 6) is 0.275. The first-order valence-corrected chi connectivity index (χ1v) is 6.15. The van der Waals surface area contributed by atoms with Crippen molar-refractivity contribution in [1.29, 1.82) is 0 Å². The molecule has 0 fully saturated rings. The third-order valence-corrected chi connectivity index (χ3v) is 3.05. The van der Waals surface area contributed by atoms with Gasteiger partial charge in [0.15, 0.2) is 0 Å². The van der Waals surface area contributed by atoms with Crippen LogP contribution in [0.5, 0.6) is 5.75 Å². The maximum absolute atomic E-state index is 11.6. The molecule has 0 heterocycles. The van der Waals surface area contributed by atoms with Crippen LogP contribution in [-0.2, 0) is 11.2 Å². The summed E-state index contributed by atoms with van der Waals surface area (Å²) in [6.45, 7) is 2.27. The number of ether oxygens (including phenoxy) is 1. The van der Waals surface area contributed by atoms with Crippen LogP contribution in [0.2, 0.25) is 0 Å². The Bertz CT molecular complexity index is 418. The summed E-state index contributed by atoms with van der Waals surface area (Å²) < 4.78 is 5.07. The minimum Gasteiger partial charge on any atom is -0.497 e. The van der Waals surface area contributed by atoms with Gasteiger partial charge < -0.3 is 15.8 Å². The van der Waals surface area contributed by atoms with Gasteiger partial charge in [0.05, 0.1) is 18.0 Å². The van der Waals surface area contributed by atoms with Crippen LogP contribution < -0.4 is 15.8 Å². The quantitative estimate of drug-likeness (QED) is 0.761. The normalized spacial score (nSPS) is 11.7. The number of hydrogen-bond acceptors (Lipinski definition) is 3. The molecule has 0 spiro atoms. The maximum Gasteiger partial charge on any atom is 0.229 e. The van der Waals surface area contributed by atoms with E-state index in [1.807, 2.05) is 24.3 Å². The Morgan fingerprint density at radius 2 is 2.06 bits per heavy atom. The van der Waals surface area contributed by atoms with Crippen molar-refractivity contribution in [2.75, 3.05) is 13.7 Å². The summed E-state index contributed by atoms with van der Waals surface area (Å²) in [5, 5.41) is 2.80. The summed E-state index contributed by atoms with van der Waals surface area (Å²) in [4.78, 5) is 11.8. The van der Waals surface area contributed by atoms with Crippen LogP contribution in [0, 0.1) is 5.92 Å². The van der Waals surface area contributed by atoms with Crippen molar-refractivity contribution in [2.45, 2.75) is 13.3 Å². The van der Waals surface area contributed by atoms with E-state index >= 15 is 0 Å². The second-order valence-corrected chi connectivity index (χ2v) is 4.48. The van der Waals surface area contributed by atoms with E-state index < -0.39 is 5.92 Å². The van der Waals surface area contributed by atoms with E-state index in [4.69, 9.17) is 22.7 Å². The molecular weight excluding hydrogens is 248 g/mol. The van der Waals surface area contributed by atoms with Gasteiger partial charge in [-0.05, 0) is 31.0 Å². The van der Waals surface area contributed by atoms with E-state index in [-0.39, 0.29) is 10.9 Å². The Morgan fingerprint density at radius 1 is 1.44 bits per heavy atom. The molecule has 0 aromatic heterocycles. The number of rotatable bonds is 6. The lowest BCUT2D eigenvalue weighted by atomic mass is 10.1. The maximum atomic E-state index is 11.6. The molecular formula is C13H18N2O2S. The highest BCUT2D eigenvalue weighted by Gasteiger charge is 2.14. The van der Waals surface area contributed by atoms with Crippen LogP contribution in [0.15, 0.2) is 24.3 Å². The molecule has 98 valence electrons. The minimum absolute atomic E-state index is 0.129. The van der Waals surface area contributed by atoms with Crippen LogP contribution in [0.3, 0.4) is 0 Å². The smallest absolute Gasteiger partial charge is 0.229 e. The molecule has 0 aliphatic rings. The lowest BCUT2D eigenvalue weighted by molar-refractivity contribution is -0.122. The average molecular weight is 266 g/mol. The second kappa shape index (κ2) is 6.96. The van der Waals surface area contributed by atoms with Crippen LogP contribution in [0.25, 0.3) is 0 Å². The molecule has 1 aromatic carbocycles. The van der Waals surface area contributed by atoms with Crippen molar-refractivity contribution in [3.05, 3.63) is 29.8 Å². The summed E-state index contributed by atoms with van der Waals surface area (Å²) in [6, 6.07) is 7.74. The van der Waals surface area contributed by atoms with Gasteiger partial charge in [-0.25, -0.2) is 0 Å². The van der Waals surface area contributed by atoms with Crippen molar-refractivity contribution in [3.63, 3.8) is 0 Å². The molecule has 0 saturated heterocycles. The fraction of sp³-hybridized carbons (Fsp3) is 0.385. The van der Waals surface area contributed by atoms with Crippen molar-refractivity contribution < 1.29 is 9.53 Å². The first-order valence-electron chi connectivity index (χ1n) is 5.74. The highest BCUT2D eigenvalue weighted by Crippen LogP contribution is 2.11. The topological polar surface area (TPSA) is 64.3 Å². The molecule has 1 rings (SSSR count). The number of nitrogens with one attached hydrogen (secondary N) is 1. The van der Waals surface area contributed by atoms with Gasteiger partial charge in [0, 0.05) is 6.54 Å². The van der Waals surface area contributed by atoms with Crippen molar-refractivity contribution in [1.82, 2.24) is 5.32 Å². The number of carbonyl (C=O) groups is 1.